The zero-order valence-corrected chi connectivity index (χ0v) is 12.6. The monoisotopic (exact) mass is 300 g/mol. The number of ether oxygens (including phenoxy) is 1. The molecule has 112 valence electrons. The van der Waals surface area contributed by atoms with Crippen molar-refractivity contribution >= 4 is 16.0 Å². The van der Waals surface area contributed by atoms with E-state index < -0.39 is 16.0 Å². The number of aryl methyl sites for hydroxylation is 1. The second-order valence-corrected chi connectivity index (χ2v) is 6.24. The number of hydrogen-bond acceptors (Lipinski definition) is 5. The minimum Gasteiger partial charge on any atom is -0.465 e. The standard InChI is InChI=1S/C13H20N2O4S/c1-3-15(11-13(16)19-4-2)20(17,18)10-7-12-5-8-14-9-6-12/h5-6,8-9H,3-4,7,10-11H2,1-2H3. The van der Waals surface area contributed by atoms with E-state index >= 15 is 0 Å². The second kappa shape index (κ2) is 7.96. The van der Waals surface area contributed by atoms with Crippen molar-refractivity contribution < 1.29 is 17.9 Å². The fraction of sp³-hybridized carbons (Fsp3) is 0.538. The number of pyridine rings is 1. The van der Waals surface area contributed by atoms with E-state index in [1.54, 1.807) is 38.4 Å². The third-order valence-electron chi connectivity index (χ3n) is 2.75. The van der Waals surface area contributed by atoms with E-state index in [2.05, 4.69) is 4.98 Å². The Hall–Kier alpha value is -1.47. The lowest BCUT2D eigenvalue weighted by Gasteiger charge is -2.19. The third-order valence-corrected chi connectivity index (χ3v) is 4.65. The van der Waals surface area contributed by atoms with E-state index in [1.807, 2.05) is 0 Å². The number of aromatic nitrogens is 1. The molecule has 0 unspecified atom stereocenters. The predicted octanol–water partition coefficient (Wildman–Crippen LogP) is 0.839. The largest absolute Gasteiger partial charge is 0.465 e. The fourth-order valence-corrected chi connectivity index (χ4v) is 3.13. The Morgan fingerprint density at radius 2 is 1.95 bits per heavy atom. The molecule has 1 heterocycles. The van der Waals surface area contributed by atoms with Crippen molar-refractivity contribution in [1.29, 1.82) is 0 Å². The topological polar surface area (TPSA) is 76.6 Å². The van der Waals surface area contributed by atoms with Gasteiger partial charge in [-0.3, -0.25) is 9.78 Å². The minimum atomic E-state index is -3.47. The first-order valence-electron chi connectivity index (χ1n) is 6.52. The van der Waals surface area contributed by atoms with Crippen LogP contribution in [0.15, 0.2) is 24.5 Å². The van der Waals surface area contributed by atoms with Crippen LogP contribution < -0.4 is 0 Å². The molecule has 6 nitrogen and oxygen atoms in total. The molecule has 0 aliphatic heterocycles. The van der Waals surface area contributed by atoms with Crippen molar-refractivity contribution in [2.75, 3.05) is 25.4 Å². The Labute approximate surface area is 119 Å². The number of likely N-dealkylation sites (N-methyl/N-ethyl adjacent to an activating group) is 1. The number of hydrogen-bond donors (Lipinski definition) is 0. The summed E-state index contributed by atoms with van der Waals surface area (Å²) in [5, 5.41) is 0. The van der Waals surface area contributed by atoms with Gasteiger partial charge in [-0.2, -0.15) is 4.31 Å². The Balaban J connectivity index is 2.63. The number of nitrogens with zero attached hydrogens (tertiary/aromatic N) is 2. The summed E-state index contributed by atoms with van der Waals surface area (Å²) in [5.41, 5.74) is 0.899. The summed E-state index contributed by atoms with van der Waals surface area (Å²) in [6, 6.07) is 3.55. The van der Waals surface area contributed by atoms with Gasteiger partial charge in [0.15, 0.2) is 0 Å². The predicted molar refractivity (Wildman–Crippen MR) is 75.6 cm³/mol. The molecule has 0 atom stereocenters. The van der Waals surface area contributed by atoms with Crippen LogP contribution in [0.2, 0.25) is 0 Å². The normalized spacial score (nSPS) is 11.6. The molecule has 0 saturated carbocycles. The van der Waals surface area contributed by atoms with Crippen molar-refractivity contribution in [3.63, 3.8) is 0 Å². The molecule has 1 rings (SSSR count). The first-order chi connectivity index (χ1) is 9.49. The second-order valence-electron chi connectivity index (χ2n) is 4.15. The van der Waals surface area contributed by atoms with Gasteiger partial charge in [0.25, 0.3) is 0 Å². The Kier molecular flexibility index (Phi) is 6.60. The molecular formula is C13H20N2O4S. The van der Waals surface area contributed by atoms with Crippen LogP contribution in [0.5, 0.6) is 0 Å². The molecular weight excluding hydrogens is 280 g/mol. The van der Waals surface area contributed by atoms with Gasteiger partial charge < -0.3 is 4.74 Å². The molecule has 0 aromatic carbocycles. The van der Waals surface area contributed by atoms with Crippen LogP contribution in [-0.2, 0) is 26.0 Å². The lowest BCUT2D eigenvalue weighted by atomic mass is 10.2. The number of carbonyl (C=O) groups is 1. The zero-order valence-electron chi connectivity index (χ0n) is 11.8. The Morgan fingerprint density at radius 3 is 2.50 bits per heavy atom. The van der Waals surface area contributed by atoms with E-state index in [9.17, 15) is 13.2 Å². The lowest BCUT2D eigenvalue weighted by Crippen LogP contribution is -2.38. The van der Waals surface area contributed by atoms with E-state index in [0.717, 1.165) is 9.87 Å². The van der Waals surface area contributed by atoms with Crippen LogP contribution in [0.1, 0.15) is 19.4 Å². The highest BCUT2D eigenvalue weighted by Gasteiger charge is 2.23. The van der Waals surface area contributed by atoms with Crippen LogP contribution in [-0.4, -0.2) is 49.1 Å². The summed E-state index contributed by atoms with van der Waals surface area (Å²) < 4.78 is 30.3. The Morgan fingerprint density at radius 1 is 1.30 bits per heavy atom. The van der Waals surface area contributed by atoms with Crippen LogP contribution in [0.25, 0.3) is 0 Å². The molecule has 1 aromatic heterocycles. The van der Waals surface area contributed by atoms with Crippen LogP contribution in [0.4, 0.5) is 0 Å². The zero-order chi connectivity index (χ0) is 15.0. The molecule has 7 heteroatoms. The van der Waals surface area contributed by atoms with Gasteiger partial charge in [0, 0.05) is 18.9 Å². The highest BCUT2D eigenvalue weighted by Crippen LogP contribution is 2.06. The van der Waals surface area contributed by atoms with Gasteiger partial charge in [0.2, 0.25) is 10.0 Å². The van der Waals surface area contributed by atoms with E-state index in [4.69, 9.17) is 4.74 Å². The van der Waals surface area contributed by atoms with Crippen molar-refractivity contribution in [2.24, 2.45) is 0 Å². The molecule has 0 radical (unpaired) electrons. The van der Waals surface area contributed by atoms with E-state index in [-0.39, 0.29) is 25.4 Å². The maximum atomic E-state index is 12.2. The minimum absolute atomic E-state index is 0.0374. The molecule has 1 aromatic rings. The first kappa shape index (κ1) is 16.6. The van der Waals surface area contributed by atoms with Gasteiger partial charge in [-0.25, -0.2) is 8.42 Å². The molecule has 0 spiro atoms. The van der Waals surface area contributed by atoms with Crippen LogP contribution in [0, 0.1) is 0 Å². The van der Waals surface area contributed by atoms with Crippen LogP contribution >= 0.6 is 0 Å². The molecule has 20 heavy (non-hydrogen) atoms. The summed E-state index contributed by atoms with van der Waals surface area (Å²) in [7, 11) is -3.47. The average Bonchev–Trinajstić information content (AvgIpc) is 2.44. The van der Waals surface area contributed by atoms with Crippen LogP contribution in [0.3, 0.4) is 0 Å². The summed E-state index contributed by atoms with van der Waals surface area (Å²) in [4.78, 5) is 15.3. The highest BCUT2D eigenvalue weighted by atomic mass is 32.2. The smallest absolute Gasteiger partial charge is 0.321 e. The average molecular weight is 300 g/mol. The van der Waals surface area contributed by atoms with E-state index in [0.29, 0.717) is 6.42 Å². The number of esters is 1. The van der Waals surface area contributed by atoms with Crippen molar-refractivity contribution in [3.8, 4) is 0 Å². The van der Waals surface area contributed by atoms with Gasteiger partial charge in [0.05, 0.1) is 12.4 Å². The quantitative estimate of drug-likeness (QED) is 0.665. The van der Waals surface area contributed by atoms with Gasteiger partial charge in [-0.1, -0.05) is 6.92 Å². The number of rotatable bonds is 8. The molecule has 0 aliphatic carbocycles. The van der Waals surface area contributed by atoms with Crippen molar-refractivity contribution in [2.45, 2.75) is 20.3 Å². The molecule has 0 bridgehead atoms. The van der Waals surface area contributed by atoms with Gasteiger partial charge in [0.1, 0.15) is 6.54 Å². The van der Waals surface area contributed by atoms with Gasteiger partial charge >= 0.3 is 5.97 Å². The summed E-state index contributed by atoms with van der Waals surface area (Å²) in [6.07, 6.45) is 3.64. The lowest BCUT2D eigenvalue weighted by molar-refractivity contribution is -0.143. The summed E-state index contributed by atoms with van der Waals surface area (Å²) in [5.74, 6) is -0.564. The highest BCUT2D eigenvalue weighted by molar-refractivity contribution is 7.89. The molecule has 0 fully saturated rings. The van der Waals surface area contributed by atoms with Crippen molar-refractivity contribution in [3.05, 3.63) is 30.1 Å². The maximum Gasteiger partial charge on any atom is 0.321 e. The third kappa shape index (κ3) is 5.26. The van der Waals surface area contributed by atoms with Gasteiger partial charge in [-0.05, 0) is 31.0 Å². The first-order valence-corrected chi connectivity index (χ1v) is 8.12. The fourth-order valence-electron chi connectivity index (χ4n) is 1.68. The number of carbonyl (C=O) groups excluding carboxylic acids is 1. The maximum absolute atomic E-state index is 12.2. The van der Waals surface area contributed by atoms with Gasteiger partial charge in [-0.15, -0.1) is 0 Å². The van der Waals surface area contributed by atoms with Crippen molar-refractivity contribution in [1.82, 2.24) is 9.29 Å². The molecule has 0 N–H and O–H groups in total. The number of sulfonamides is 1. The summed E-state index contributed by atoms with van der Waals surface area (Å²) in [6.45, 7) is 3.64. The summed E-state index contributed by atoms with van der Waals surface area (Å²) >= 11 is 0. The van der Waals surface area contributed by atoms with E-state index in [1.165, 1.54) is 0 Å². The SMILES string of the molecule is CCOC(=O)CN(CC)S(=O)(=O)CCc1ccncc1. The molecule has 0 saturated heterocycles. The molecule has 0 aliphatic rings. The molecule has 0 amide bonds. The Bertz CT molecular complexity index is 516.